The molecule has 15 heavy (non-hydrogen) atoms. The molecule has 0 radical (unpaired) electrons. The van der Waals surface area contributed by atoms with Crippen molar-refractivity contribution in [1.29, 1.82) is 0 Å². The first-order valence-electron chi connectivity index (χ1n) is 5.68. The quantitative estimate of drug-likeness (QED) is 0.678. The molecule has 0 aromatic heterocycles. The first-order valence-corrected chi connectivity index (χ1v) is 5.68. The van der Waals surface area contributed by atoms with Crippen LogP contribution in [-0.4, -0.2) is 18.0 Å². The lowest BCUT2D eigenvalue weighted by atomic mass is 9.85. The molecule has 0 heterocycles. The van der Waals surface area contributed by atoms with Crippen LogP contribution in [0.25, 0.3) is 0 Å². The van der Waals surface area contributed by atoms with Crippen LogP contribution in [0.4, 0.5) is 0 Å². The van der Waals surface area contributed by atoms with Crippen molar-refractivity contribution >= 4 is 5.91 Å². The van der Waals surface area contributed by atoms with E-state index in [1.807, 2.05) is 0 Å². The molecule has 0 aromatic rings. The van der Waals surface area contributed by atoms with Gasteiger partial charge in [0.25, 0.3) is 0 Å². The maximum Gasteiger partial charge on any atom is 0.220 e. The number of nitrogens with two attached hydrogens (primary N) is 1. The molecule has 0 aromatic carbocycles. The molecule has 3 heteroatoms. The van der Waals surface area contributed by atoms with Crippen molar-refractivity contribution < 1.29 is 4.79 Å². The summed E-state index contributed by atoms with van der Waals surface area (Å²) in [6.45, 7) is 2.08. The van der Waals surface area contributed by atoms with Gasteiger partial charge in [-0.2, -0.15) is 0 Å². The summed E-state index contributed by atoms with van der Waals surface area (Å²) in [5.41, 5.74) is 5.27. The molecule has 0 saturated heterocycles. The fraction of sp³-hybridized carbons (Fsp3) is 0.750. The van der Waals surface area contributed by atoms with Crippen LogP contribution in [0.5, 0.6) is 0 Å². The van der Waals surface area contributed by atoms with E-state index in [9.17, 15) is 4.79 Å². The summed E-state index contributed by atoms with van der Waals surface area (Å²) in [7, 11) is 0. The molecule has 1 fully saturated rings. The lowest BCUT2D eigenvalue weighted by molar-refractivity contribution is -0.122. The molecule has 1 aliphatic rings. The first-order chi connectivity index (χ1) is 7.17. The molecule has 0 spiro atoms. The Hall–Kier alpha value is -1.01. The molecular formula is C12H20N2O. The number of nitrogens with one attached hydrogen (secondary N) is 1. The number of carbonyl (C=O) groups excluding carboxylic acids is 1. The van der Waals surface area contributed by atoms with Crippen LogP contribution in [0.15, 0.2) is 0 Å². The van der Waals surface area contributed by atoms with E-state index in [4.69, 9.17) is 12.2 Å². The predicted octanol–water partition coefficient (Wildman–Crippen LogP) is 1.03. The number of carbonyl (C=O) groups is 1. The molecule has 1 aliphatic carbocycles. The van der Waals surface area contributed by atoms with Gasteiger partial charge >= 0.3 is 0 Å². The lowest BCUT2D eigenvalue weighted by Gasteiger charge is -2.29. The summed E-state index contributed by atoms with van der Waals surface area (Å²) in [5, 5.41) is 3.43. The van der Waals surface area contributed by atoms with E-state index >= 15 is 0 Å². The second-order valence-electron chi connectivity index (χ2n) is 4.25. The highest BCUT2D eigenvalue weighted by Crippen LogP contribution is 2.24. The summed E-state index contributed by atoms with van der Waals surface area (Å²) in [4.78, 5) is 11.0. The summed E-state index contributed by atoms with van der Waals surface area (Å²) in [6.07, 6.45) is 10.1. The van der Waals surface area contributed by atoms with Gasteiger partial charge in [-0.15, -0.1) is 6.42 Å². The van der Waals surface area contributed by atoms with Crippen molar-refractivity contribution in [2.24, 2.45) is 11.7 Å². The molecule has 0 aliphatic heterocycles. The van der Waals surface area contributed by atoms with Gasteiger partial charge in [-0.05, 0) is 32.1 Å². The van der Waals surface area contributed by atoms with Gasteiger partial charge in [-0.1, -0.05) is 12.8 Å². The average Bonchev–Trinajstić information content (AvgIpc) is 2.26. The number of hydrogen-bond donors (Lipinski definition) is 2. The molecule has 1 saturated carbocycles. The maximum absolute atomic E-state index is 11.0. The molecule has 1 unspecified atom stereocenters. The minimum Gasteiger partial charge on any atom is -0.369 e. The molecular weight excluding hydrogens is 188 g/mol. The molecule has 3 nitrogen and oxygen atoms in total. The van der Waals surface area contributed by atoms with Crippen LogP contribution < -0.4 is 11.1 Å². The van der Waals surface area contributed by atoms with E-state index in [0.717, 1.165) is 32.1 Å². The van der Waals surface area contributed by atoms with Gasteiger partial charge < -0.3 is 11.1 Å². The second-order valence-corrected chi connectivity index (χ2v) is 4.25. The number of primary amides is 1. The van der Waals surface area contributed by atoms with E-state index in [-0.39, 0.29) is 17.9 Å². The molecule has 84 valence electrons. The van der Waals surface area contributed by atoms with E-state index in [2.05, 4.69) is 18.2 Å². The average molecular weight is 208 g/mol. The van der Waals surface area contributed by atoms with Crippen molar-refractivity contribution in [3.05, 3.63) is 0 Å². The predicted molar refractivity (Wildman–Crippen MR) is 61.0 cm³/mol. The van der Waals surface area contributed by atoms with Gasteiger partial charge in [0.2, 0.25) is 5.91 Å². The summed E-state index contributed by atoms with van der Waals surface area (Å²) in [5.74, 6) is 2.65. The van der Waals surface area contributed by atoms with Crippen molar-refractivity contribution in [1.82, 2.24) is 5.32 Å². The van der Waals surface area contributed by atoms with Crippen LogP contribution in [0.2, 0.25) is 0 Å². The van der Waals surface area contributed by atoms with Gasteiger partial charge in [-0.3, -0.25) is 4.79 Å². The van der Waals surface area contributed by atoms with Gasteiger partial charge in [0.05, 0.1) is 6.04 Å². The highest BCUT2D eigenvalue weighted by molar-refractivity contribution is 5.76. The highest BCUT2D eigenvalue weighted by atomic mass is 16.1. The lowest BCUT2D eigenvalue weighted by Crippen LogP contribution is -2.41. The van der Waals surface area contributed by atoms with Crippen molar-refractivity contribution in [2.45, 2.75) is 51.1 Å². The van der Waals surface area contributed by atoms with Crippen molar-refractivity contribution in [3.63, 3.8) is 0 Å². The van der Waals surface area contributed by atoms with Gasteiger partial charge in [0.1, 0.15) is 0 Å². The largest absolute Gasteiger partial charge is 0.369 e. The minimum absolute atomic E-state index is 0.0777. The zero-order chi connectivity index (χ0) is 11.3. The highest BCUT2D eigenvalue weighted by Gasteiger charge is 2.25. The first kappa shape index (κ1) is 12.1. The SMILES string of the molecule is C#CC(CC)NC1CCC(C(N)=O)CC1. The third-order valence-corrected chi connectivity index (χ3v) is 3.18. The molecule has 1 rings (SSSR count). The second kappa shape index (κ2) is 5.77. The van der Waals surface area contributed by atoms with Crippen LogP contribution in [-0.2, 0) is 4.79 Å². The summed E-state index contributed by atoms with van der Waals surface area (Å²) >= 11 is 0. The Morgan fingerprint density at radius 3 is 2.53 bits per heavy atom. The summed E-state index contributed by atoms with van der Waals surface area (Å²) < 4.78 is 0. The monoisotopic (exact) mass is 208 g/mol. The summed E-state index contributed by atoms with van der Waals surface area (Å²) in [6, 6.07) is 0.627. The smallest absolute Gasteiger partial charge is 0.220 e. The Balaban J connectivity index is 2.32. The zero-order valence-electron chi connectivity index (χ0n) is 9.33. The minimum atomic E-state index is -0.155. The number of rotatable bonds is 4. The Labute approximate surface area is 91.8 Å². The maximum atomic E-state index is 11.0. The van der Waals surface area contributed by atoms with Crippen LogP contribution >= 0.6 is 0 Å². The fourth-order valence-corrected chi connectivity index (χ4v) is 2.11. The molecule has 1 amide bonds. The Morgan fingerprint density at radius 2 is 2.13 bits per heavy atom. The third kappa shape index (κ3) is 3.56. The molecule has 3 N–H and O–H groups in total. The van der Waals surface area contributed by atoms with Crippen molar-refractivity contribution in [3.8, 4) is 12.3 Å². The normalized spacial score (nSPS) is 28.0. The number of hydrogen-bond acceptors (Lipinski definition) is 2. The van der Waals surface area contributed by atoms with Crippen LogP contribution in [0, 0.1) is 18.3 Å². The Morgan fingerprint density at radius 1 is 1.53 bits per heavy atom. The standard InChI is InChI=1S/C12H20N2O/c1-3-10(4-2)14-11-7-5-9(6-8-11)12(13)15/h1,9-11,14H,4-8H2,2H3,(H2,13,15). The van der Waals surface area contributed by atoms with E-state index in [1.165, 1.54) is 0 Å². The van der Waals surface area contributed by atoms with E-state index < -0.39 is 0 Å². The van der Waals surface area contributed by atoms with Crippen LogP contribution in [0.1, 0.15) is 39.0 Å². The van der Waals surface area contributed by atoms with Crippen LogP contribution in [0.3, 0.4) is 0 Å². The van der Waals surface area contributed by atoms with Gasteiger partial charge in [0.15, 0.2) is 0 Å². The van der Waals surface area contributed by atoms with Crippen molar-refractivity contribution in [2.75, 3.05) is 0 Å². The van der Waals surface area contributed by atoms with Gasteiger partial charge in [0, 0.05) is 12.0 Å². The topological polar surface area (TPSA) is 55.1 Å². The number of terminal acetylenes is 1. The number of amides is 1. The van der Waals surface area contributed by atoms with E-state index in [1.54, 1.807) is 0 Å². The van der Waals surface area contributed by atoms with E-state index in [0.29, 0.717) is 6.04 Å². The molecule has 1 atom stereocenters. The third-order valence-electron chi connectivity index (χ3n) is 3.18. The zero-order valence-corrected chi connectivity index (χ0v) is 9.33. The fourth-order valence-electron chi connectivity index (χ4n) is 2.11. The molecule has 0 bridgehead atoms. The Bertz CT molecular complexity index is 249. The van der Waals surface area contributed by atoms with Gasteiger partial charge in [-0.25, -0.2) is 0 Å². The Kier molecular flexibility index (Phi) is 4.64.